The van der Waals surface area contributed by atoms with Gasteiger partial charge in [-0.2, -0.15) is 0 Å². The van der Waals surface area contributed by atoms with Crippen LogP contribution in [0.15, 0.2) is 69.2 Å². The molecule has 1 aliphatic rings. The first-order valence-corrected chi connectivity index (χ1v) is 10.8. The highest BCUT2D eigenvalue weighted by molar-refractivity contribution is 7.12. The molecule has 0 saturated carbocycles. The Bertz CT molecular complexity index is 1340. The maximum absolute atomic E-state index is 12.8. The molecule has 1 N–H and O–H groups in total. The lowest BCUT2D eigenvalue weighted by atomic mass is 10.0. The van der Waals surface area contributed by atoms with Crippen LogP contribution in [0.1, 0.15) is 21.7 Å². The lowest BCUT2D eigenvalue weighted by Crippen LogP contribution is -2.35. The topological polar surface area (TPSA) is 84.5 Å². The third kappa shape index (κ3) is 3.66. The second-order valence-electron chi connectivity index (χ2n) is 7.35. The van der Waals surface area contributed by atoms with Gasteiger partial charge in [-0.15, -0.1) is 11.3 Å². The SMILES string of the molecule is O=C(Cn1c(=O)oc2ccccc21)Nc1ccc2c(c1)CCCN2C(=O)c1cccs1. The van der Waals surface area contributed by atoms with E-state index in [0.717, 1.165) is 24.1 Å². The highest BCUT2D eigenvalue weighted by atomic mass is 32.1. The summed E-state index contributed by atoms with van der Waals surface area (Å²) in [7, 11) is 0. The molecule has 0 fully saturated rings. The van der Waals surface area contributed by atoms with Gasteiger partial charge in [-0.25, -0.2) is 4.79 Å². The first-order valence-electron chi connectivity index (χ1n) is 9.97. The number of hydrogen-bond acceptors (Lipinski definition) is 5. The Kier molecular flexibility index (Phi) is 4.91. The molecule has 3 heterocycles. The molecule has 0 saturated heterocycles. The number of nitrogens with one attached hydrogen (secondary N) is 1. The van der Waals surface area contributed by atoms with Crippen molar-refractivity contribution in [1.82, 2.24) is 4.57 Å². The van der Waals surface area contributed by atoms with E-state index in [9.17, 15) is 14.4 Å². The Balaban J connectivity index is 1.35. The third-order valence-electron chi connectivity index (χ3n) is 5.33. The summed E-state index contributed by atoms with van der Waals surface area (Å²) in [5.74, 6) is -0.889. The number of anilines is 2. The van der Waals surface area contributed by atoms with Crippen LogP contribution in [0.2, 0.25) is 0 Å². The summed E-state index contributed by atoms with van der Waals surface area (Å²) in [6, 6.07) is 16.3. The summed E-state index contributed by atoms with van der Waals surface area (Å²) in [6.07, 6.45) is 1.69. The Morgan fingerprint density at radius 1 is 1.10 bits per heavy atom. The quantitative estimate of drug-likeness (QED) is 0.529. The van der Waals surface area contributed by atoms with Crippen molar-refractivity contribution in [2.45, 2.75) is 19.4 Å². The van der Waals surface area contributed by atoms with Gasteiger partial charge < -0.3 is 14.6 Å². The number of carbonyl (C=O) groups excluding carboxylic acids is 2. The number of aryl methyl sites for hydroxylation is 1. The second-order valence-corrected chi connectivity index (χ2v) is 8.30. The molecule has 7 nitrogen and oxygen atoms in total. The molecule has 0 aliphatic carbocycles. The molecule has 5 rings (SSSR count). The van der Waals surface area contributed by atoms with Crippen LogP contribution in [-0.4, -0.2) is 22.9 Å². The summed E-state index contributed by atoms with van der Waals surface area (Å²) in [6.45, 7) is 0.530. The lowest BCUT2D eigenvalue weighted by Gasteiger charge is -2.29. The van der Waals surface area contributed by atoms with Crippen LogP contribution in [0.25, 0.3) is 11.1 Å². The van der Waals surface area contributed by atoms with Crippen molar-refractivity contribution < 1.29 is 14.0 Å². The van der Waals surface area contributed by atoms with Crippen molar-refractivity contribution in [2.75, 3.05) is 16.8 Å². The molecule has 2 aromatic carbocycles. The predicted molar refractivity (Wildman–Crippen MR) is 120 cm³/mol. The maximum atomic E-state index is 12.8. The highest BCUT2D eigenvalue weighted by Crippen LogP contribution is 2.31. The van der Waals surface area contributed by atoms with Crippen molar-refractivity contribution in [3.8, 4) is 0 Å². The predicted octanol–water partition coefficient (Wildman–Crippen LogP) is 3.89. The van der Waals surface area contributed by atoms with Crippen molar-refractivity contribution in [1.29, 1.82) is 0 Å². The molecule has 2 aromatic heterocycles. The first kappa shape index (κ1) is 19.3. The smallest absolute Gasteiger partial charge is 0.408 e. The molecule has 4 aromatic rings. The molecule has 0 bridgehead atoms. The van der Waals surface area contributed by atoms with Gasteiger partial charge >= 0.3 is 5.76 Å². The van der Waals surface area contributed by atoms with E-state index in [-0.39, 0.29) is 18.4 Å². The second kappa shape index (κ2) is 7.88. The zero-order chi connectivity index (χ0) is 21.4. The zero-order valence-electron chi connectivity index (χ0n) is 16.5. The van der Waals surface area contributed by atoms with E-state index in [2.05, 4.69) is 5.32 Å². The number of hydrogen-bond donors (Lipinski definition) is 1. The third-order valence-corrected chi connectivity index (χ3v) is 6.19. The first-order chi connectivity index (χ1) is 15.1. The monoisotopic (exact) mass is 433 g/mol. The number of amides is 2. The van der Waals surface area contributed by atoms with E-state index < -0.39 is 5.76 Å². The van der Waals surface area contributed by atoms with Crippen LogP contribution in [0.4, 0.5) is 11.4 Å². The largest absolute Gasteiger partial charge is 0.420 e. The van der Waals surface area contributed by atoms with Gasteiger partial charge in [0.1, 0.15) is 6.54 Å². The van der Waals surface area contributed by atoms with E-state index >= 15 is 0 Å². The molecule has 8 heteroatoms. The minimum absolute atomic E-state index is 0.000975. The molecule has 156 valence electrons. The molecule has 0 spiro atoms. The molecule has 1 aliphatic heterocycles. The Morgan fingerprint density at radius 3 is 2.81 bits per heavy atom. The van der Waals surface area contributed by atoms with Crippen molar-refractivity contribution in [2.24, 2.45) is 0 Å². The van der Waals surface area contributed by atoms with E-state index in [0.29, 0.717) is 28.2 Å². The molecule has 2 amide bonds. The number of rotatable bonds is 4. The van der Waals surface area contributed by atoms with Crippen LogP contribution >= 0.6 is 11.3 Å². The van der Waals surface area contributed by atoms with Crippen LogP contribution in [-0.2, 0) is 17.8 Å². The molecule has 0 atom stereocenters. The number of oxazole rings is 1. The molecular formula is C23H19N3O4S. The van der Waals surface area contributed by atoms with Gasteiger partial charge in [0.05, 0.1) is 10.4 Å². The fraction of sp³-hybridized carbons (Fsp3) is 0.174. The summed E-state index contributed by atoms with van der Waals surface area (Å²) >= 11 is 1.43. The van der Waals surface area contributed by atoms with Gasteiger partial charge in [0.2, 0.25) is 5.91 Å². The van der Waals surface area contributed by atoms with E-state index in [1.54, 1.807) is 35.2 Å². The van der Waals surface area contributed by atoms with E-state index in [1.807, 2.05) is 29.6 Å². The zero-order valence-corrected chi connectivity index (χ0v) is 17.4. The minimum atomic E-state index is -0.565. The van der Waals surface area contributed by atoms with Gasteiger partial charge in [-0.05, 0) is 60.2 Å². The Labute approximate surface area is 181 Å². The fourth-order valence-electron chi connectivity index (χ4n) is 3.93. The average molecular weight is 433 g/mol. The summed E-state index contributed by atoms with van der Waals surface area (Å²) in [4.78, 5) is 40.0. The fourth-order valence-corrected chi connectivity index (χ4v) is 4.60. The maximum Gasteiger partial charge on any atom is 0.420 e. The van der Waals surface area contributed by atoms with Gasteiger partial charge in [0.25, 0.3) is 5.91 Å². The number of fused-ring (bicyclic) bond motifs is 2. The van der Waals surface area contributed by atoms with Crippen LogP contribution in [0.5, 0.6) is 0 Å². The molecule has 0 radical (unpaired) electrons. The Morgan fingerprint density at radius 2 is 1.97 bits per heavy atom. The standard InChI is InChI=1S/C23H19N3O4S/c27-21(14-26-18-6-1-2-7-19(18)30-23(26)29)24-16-9-10-17-15(13-16)5-3-11-25(17)22(28)20-8-4-12-31-20/h1-2,4,6-10,12-13H,3,5,11,14H2,(H,24,27). The minimum Gasteiger partial charge on any atom is -0.408 e. The van der Waals surface area contributed by atoms with Crippen molar-refractivity contribution in [3.05, 3.63) is 81.0 Å². The van der Waals surface area contributed by atoms with Gasteiger partial charge in [0, 0.05) is 17.9 Å². The number of carbonyl (C=O) groups is 2. The summed E-state index contributed by atoms with van der Waals surface area (Å²) < 4.78 is 6.49. The normalized spacial score (nSPS) is 13.2. The van der Waals surface area contributed by atoms with Gasteiger partial charge in [0.15, 0.2) is 5.58 Å². The van der Waals surface area contributed by atoms with Crippen molar-refractivity contribution >= 4 is 45.6 Å². The van der Waals surface area contributed by atoms with Crippen LogP contribution < -0.4 is 16.0 Å². The number of nitrogens with zero attached hydrogens (tertiary/aromatic N) is 2. The molecular weight excluding hydrogens is 414 g/mol. The number of benzene rings is 2. The lowest BCUT2D eigenvalue weighted by molar-refractivity contribution is -0.116. The summed E-state index contributed by atoms with van der Waals surface area (Å²) in [5.41, 5.74) is 3.55. The highest BCUT2D eigenvalue weighted by Gasteiger charge is 2.24. The van der Waals surface area contributed by atoms with Crippen LogP contribution in [0.3, 0.4) is 0 Å². The number of aromatic nitrogens is 1. The van der Waals surface area contributed by atoms with Crippen LogP contribution in [0, 0.1) is 0 Å². The van der Waals surface area contributed by atoms with Gasteiger partial charge in [-0.3, -0.25) is 14.2 Å². The molecule has 31 heavy (non-hydrogen) atoms. The number of para-hydroxylation sites is 2. The van der Waals surface area contributed by atoms with E-state index in [1.165, 1.54) is 15.9 Å². The summed E-state index contributed by atoms with van der Waals surface area (Å²) in [5, 5.41) is 4.75. The number of thiophene rings is 1. The molecule has 0 unspecified atom stereocenters. The van der Waals surface area contributed by atoms with E-state index in [4.69, 9.17) is 4.42 Å². The average Bonchev–Trinajstić information content (AvgIpc) is 3.41. The Hall–Kier alpha value is -3.65. The van der Waals surface area contributed by atoms with Crippen molar-refractivity contribution in [3.63, 3.8) is 0 Å². The van der Waals surface area contributed by atoms with Gasteiger partial charge in [-0.1, -0.05) is 18.2 Å².